The first kappa shape index (κ1) is 11.8. The van der Waals surface area contributed by atoms with Crippen LogP contribution in [0, 0.1) is 12.7 Å². The molecule has 0 saturated carbocycles. The second-order valence-electron chi connectivity index (χ2n) is 3.99. The summed E-state index contributed by atoms with van der Waals surface area (Å²) in [6.45, 7) is 2.61. The van der Waals surface area contributed by atoms with E-state index in [9.17, 15) is 4.39 Å². The summed E-state index contributed by atoms with van der Waals surface area (Å²) in [4.78, 5) is 4.16. The zero-order valence-electron chi connectivity index (χ0n) is 10.0. The number of hydrogen-bond acceptors (Lipinski definition) is 2. The van der Waals surface area contributed by atoms with Crippen LogP contribution in [0.4, 0.5) is 4.39 Å². The highest BCUT2D eigenvalue weighted by atomic mass is 19.1. The fraction of sp³-hybridized carbons (Fsp3) is 0.308. The summed E-state index contributed by atoms with van der Waals surface area (Å²) in [5.74, 6) is 0.756. The minimum Gasteiger partial charge on any atom is -0.333 e. The molecule has 4 heteroatoms. The van der Waals surface area contributed by atoms with Gasteiger partial charge in [0.2, 0.25) is 0 Å². The van der Waals surface area contributed by atoms with Crippen molar-refractivity contribution in [1.29, 1.82) is 0 Å². The monoisotopic (exact) mass is 233 g/mol. The van der Waals surface area contributed by atoms with Gasteiger partial charge in [0.15, 0.2) is 0 Å². The van der Waals surface area contributed by atoms with Gasteiger partial charge in [-0.2, -0.15) is 0 Å². The van der Waals surface area contributed by atoms with Crippen molar-refractivity contribution >= 4 is 0 Å². The van der Waals surface area contributed by atoms with Crippen LogP contribution in [0.3, 0.4) is 0 Å². The van der Waals surface area contributed by atoms with Crippen molar-refractivity contribution in [2.75, 3.05) is 7.05 Å². The molecule has 1 aromatic carbocycles. The number of nitrogens with one attached hydrogen (secondary N) is 1. The van der Waals surface area contributed by atoms with Crippen molar-refractivity contribution in [3.63, 3.8) is 0 Å². The van der Waals surface area contributed by atoms with Crippen LogP contribution in [-0.2, 0) is 6.54 Å². The van der Waals surface area contributed by atoms with Crippen LogP contribution >= 0.6 is 0 Å². The molecular weight excluding hydrogens is 217 g/mol. The van der Waals surface area contributed by atoms with Crippen molar-refractivity contribution in [3.05, 3.63) is 53.9 Å². The fourth-order valence-electron chi connectivity index (χ4n) is 1.90. The van der Waals surface area contributed by atoms with Crippen LogP contribution in [-0.4, -0.2) is 16.6 Å². The Morgan fingerprint density at radius 2 is 2.18 bits per heavy atom. The molecule has 1 aromatic heterocycles. The SMILES string of the molecule is CNC(Cn1ccnc1C)c1ccccc1F. The van der Waals surface area contributed by atoms with Crippen LogP contribution in [0.1, 0.15) is 17.4 Å². The predicted octanol–water partition coefficient (Wildman–Crippen LogP) is 2.29. The van der Waals surface area contributed by atoms with Gasteiger partial charge in [-0.05, 0) is 20.0 Å². The van der Waals surface area contributed by atoms with E-state index in [1.165, 1.54) is 6.07 Å². The van der Waals surface area contributed by atoms with Gasteiger partial charge in [0.25, 0.3) is 0 Å². The Balaban J connectivity index is 2.23. The minimum atomic E-state index is -0.176. The van der Waals surface area contributed by atoms with E-state index in [4.69, 9.17) is 0 Å². The van der Waals surface area contributed by atoms with Gasteiger partial charge >= 0.3 is 0 Å². The van der Waals surface area contributed by atoms with Gasteiger partial charge in [0.05, 0.1) is 6.04 Å². The van der Waals surface area contributed by atoms with Gasteiger partial charge in [0.1, 0.15) is 11.6 Å². The van der Waals surface area contributed by atoms with Gasteiger partial charge in [-0.15, -0.1) is 0 Å². The largest absolute Gasteiger partial charge is 0.333 e. The number of rotatable bonds is 4. The molecule has 1 heterocycles. The Labute approximate surface area is 100 Å². The van der Waals surface area contributed by atoms with E-state index in [1.807, 2.05) is 36.9 Å². The third-order valence-corrected chi connectivity index (χ3v) is 2.93. The molecule has 2 aromatic rings. The van der Waals surface area contributed by atoms with Gasteiger partial charge in [0, 0.05) is 24.5 Å². The maximum absolute atomic E-state index is 13.7. The van der Waals surface area contributed by atoms with Crippen molar-refractivity contribution < 1.29 is 4.39 Å². The summed E-state index contributed by atoms with van der Waals surface area (Å²) < 4.78 is 15.7. The van der Waals surface area contributed by atoms with Crippen LogP contribution in [0.25, 0.3) is 0 Å². The van der Waals surface area contributed by atoms with E-state index in [2.05, 4.69) is 10.3 Å². The van der Waals surface area contributed by atoms with Crippen LogP contribution in [0.15, 0.2) is 36.7 Å². The van der Waals surface area contributed by atoms with Gasteiger partial charge < -0.3 is 9.88 Å². The zero-order valence-corrected chi connectivity index (χ0v) is 10.0. The highest BCUT2D eigenvalue weighted by Gasteiger charge is 2.14. The van der Waals surface area contributed by atoms with Crippen molar-refractivity contribution in [2.24, 2.45) is 0 Å². The molecule has 0 fully saturated rings. The molecule has 0 saturated heterocycles. The van der Waals surface area contributed by atoms with Gasteiger partial charge in [-0.1, -0.05) is 18.2 Å². The molecule has 2 rings (SSSR count). The molecule has 0 spiro atoms. The molecule has 1 atom stereocenters. The van der Waals surface area contributed by atoms with Crippen molar-refractivity contribution in [2.45, 2.75) is 19.5 Å². The molecular formula is C13H16FN3. The first-order chi connectivity index (χ1) is 8.22. The number of benzene rings is 1. The zero-order chi connectivity index (χ0) is 12.3. The van der Waals surface area contributed by atoms with Gasteiger partial charge in [-0.3, -0.25) is 0 Å². The minimum absolute atomic E-state index is 0.0518. The lowest BCUT2D eigenvalue weighted by atomic mass is 10.1. The van der Waals surface area contributed by atoms with E-state index in [0.29, 0.717) is 12.1 Å². The fourth-order valence-corrected chi connectivity index (χ4v) is 1.90. The quantitative estimate of drug-likeness (QED) is 0.878. The van der Waals surface area contributed by atoms with E-state index < -0.39 is 0 Å². The molecule has 0 bridgehead atoms. The van der Waals surface area contributed by atoms with Gasteiger partial charge in [-0.25, -0.2) is 9.37 Å². The lowest BCUT2D eigenvalue weighted by Gasteiger charge is -2.18. The first-order valence-corrected chi connectivity index (χ1v) is 5.62. The Morgan fingerprint density at radius 3 is 2.76 bits per heavy atom. The van der Waals surface area contributed by atoms with Crippen molar-refractivity contribution in [3.8, 4) is 0 Å². The number of likely N-dealkylation sites (N-methyl/N-ethyl adjacent to an activating group) is 1. The molecule has 0 amide bonds. The average molecular weight is 233 g/mol. The maximum atomic E-state index is 13.7. The van der Waals surface area contributed by atoms with E-state index >= 15 is 0 Å². The summed E-state index contributed by atoms with van der Waals surface area (Å²) in [5.41, 5.74) is 0.683. The standard InChI is InChI=1S/C13H16FN3/c1-10-16-7-8-17(10)9-13(15-2)11-5-3-4-6-12(11)14/h3-8,13,15H,9H2,1-2H3. The summed E-state index contributed by atoms with van der Waals surface area (Å²) in [6, 6.07) is 6.80. The van der Waals surface area contributed by atoms with Crippen LogP contribution < -0.4 is 5.32 Å². The van der Waals surface area contributed by atoms with Crippen molar-refractivity contribution in [1.82, 2.24) is 14.9 Å². The van der Waals surface area contributed by atoms with E-state index in [1.54, 1.807) is 12.3 Å². The lowest BCUT2D eigenvalue weighted by Crippen LogP contribution is -2.23. The number of aromatic nitrogens is 2. The molecule has 0 aliphatic carbocycles. The first-order valence-electron chi connectivity index (χ1n) is 5.62. The molecule has 17 heavy (non-hydrogen) atoms. The molecule has 0 aliphatic heterocycles. The Morgan fingerprint density at radius 1 is 1.41 bits per heavy atom. The Bertz CT molecular complexity index is 493. The Kier molecular flexibility index (Phi) is 3.54. The molecule has 1 unspecified atom stereocenters. The molecule has 3 nitrogen and oxygen atoms in total. The number of nitrogens with zero attached hydrogens (tertiary/aromatic N) is 2. The summed E-state index contributed by atoms with van der Waals surface area (Å²) >= 11 is 0. The third-order valence-electron chi connectivity index (χ3n) is 2.93. The number of aryl methyl sites for hydroxylation is 1. The maximum Gasteiger partial charge on any atom is 0.128 e. The summed E-state index contributed by atoms with van der Waals surface area (Å²) in [7, 11) is 1.84. The molecule has 90 valence electrons. The number of halogens is 1. The van der Waals surface area contributed by atoms with E-state index in [-0.39, 0.29) is 11.9 Å². The second-order valence-corrected chi connectivity index (χ2v) is 3.99. The summed E-state index contributed by atoms with van der Waals surface area (Å²) in [5, 5.41) is 3.14. The average Bonchev–Trinajstić information content (AvgIpc) is 2.73. The highest BCUT2D eigenvalue weighted by Crippen LogP contribution is 2.18. The van der Waals surface area contributed by atoms with Crippen LogP contribution in [0.2, 0.25) is 0 Å². The molecule has 0 radical (unpaired) electrons. The normalized spacial score (nSPS) is 12.6. The third kappa shape index (κ3) is 2.53. The van der Waals surface area contributed by atoms with E-state index in [0.717, 1.165) is 5.82 Å². The molecule has 1 N–H and O–H groups in total. The Hall–Kier alpha value is -1.68. The number of imidazole rings is 1. The second kappa shape index (κ2) is 5.10. The lowest BCUT2D eigenvalue weighted by molar-refractivity contribution is 0.469. The smallest absolute Gasteiger partial charge is 0.128 e. The predicted molar refractivity (Wildman–Crippen MR) is 65.2 cm³/mol. The topological polar surface area (TPSA) is 29.9 Å². The summed E-state index contributed by atoms with van der Waals surface area (Å²) in [6.07, 6.45) is 3.66. The number of hydrogen-bond donors (Lipinski definition) is 1. The molecule has 0 aliphatic rings. The highest BCUT2D eigenvalue weighted by molar-refractivity contribution is 5.21. The van der Waals surface area contributed by atoms with Crippen LogP contribution in [0.5, 0.6) is 0 Å².